The predicted octanol–water partition coefficient (Wildman–Crippen LogP) is 0.897. The van der Waals surface area contributed by atoms with Gasteiger partial charge >= 0.3 is 5.97 Å². The van der Waals surface area contributed by atoms with E-state index in [1.807, 2.05) is 6.07 Å². The maximum atomic E-state index is 12.7. The second-order valence-electron chi connectivity index (χ2n) is 6.02. The first-order chi connectivity index (χ1) is 11.4. The zero-order chi connectivity index (χ0) is 17.7. The number of likely N-dealkylation sites (tertiary alicyclic amines) is 1. The van der Waals surface area contributed by atoms with Crippen LogP contribution in [0.2, 0.25) is 0 Å². The molecule has 24 heavy (non-hydrogen) atoms. The fourth-order valence-electron chi connectivity index (χ4n) is 2.92. The van der Waals surface area contributed by atoms with Crippen LogP contribution in [0.4, 0.5) is 0 Å². The fraction of sp³-hybridized carbons (Fsp3) is 0.471. The fourth-order valence-corrected chi connectivity index (χ4v) is 2.92. The Morgan fingerprint density at radius 1 is 1.33 bits per heavy atom. The van der Waals surface area contributed by atoms with Gasteiger partial charge in [0.1, 0.15) is 5.54 Å². The Morgan fingerprint density at radius 2 is 2.00 bits per heavy atom. The van der Waals surface area contributed by atoms with Gasteiger partial charge in [0.15, 0.2) is 6.04 Å². The lowest BCUT2D eigenvalue weighted by Crippen LogP contribution is -2.59. The Labute approximate surface area is 140 Å². The third-order valence-electron chi connectivity index (χ3n) is 4.33. The van der Waals surface area contributed by atoms with Crippen LogP contribution >= 0.6 is 0 Å². The monoisotopic (exact) mass is 334 g/mol. The van der Waals surface area contributed by atoms with E-state index in [2.05, 4.69) is 5.32 Å². The molecule has 2 rings (SSSR count). The molecule has 0 aliphatic carbocycles. The topological polar surface area (TPSA) is 95.9 Å². The van der Waals surface area contributed by atoms with Gasteiger partial charge in [-0.05, 0) is 31.9 Å². The average Bonchev–Trinajstić information content (AvgIpc) is 2.97. The van der Waals surface area contributed by atoms with E-state index in [-0.39, 0.29) is 12.5 Å². The van der Waals surface area contributed by atoms with Crippen LogP contribution in [-0.2, 0) is 14.3 Å². The number of carboxylic acids is 1. The molecule has 0 spiro atoms. The van der Waals surface area contributed by atoms with Gasteiger partial charge in [0, 0.05) is 19.2 Å². The first-order valence-electron chi connectivity index (χ1n) is 7.80. The first kappa shape index (κ1) is 17.9. The van der Waals surface area contributed by atoms with Gasteiger partial charge in [-0.1, -0.05) is 18.2 Å². The molecule has 2 unspecified atom stereocenters. The van der Waals surface area contributed by atoms with Crippen LogP contribution in [0.1, 0.15) is 30.1 Å². The quantitative estimate of drug-likeness (QED) is 0.806. The molecular weight excluding hydrogens is 312 g/mol. The zero-order valence-corrected chi connectivity index (χ0v) is 13.8. The average molecular weight is 334 g/mol. The summed E-state index contributed by atoms with van der Waals surface area (Å²) in [5, 5.41) is 11.6. The first-order valence-corrected chi connectivity index (χ1v) is 7.80. The molecule has 1 aromatic carbocycles. The van der Waals surface area contributed by atoms with Gasteiger partial charge in [0.25, 0.3) is 5.91 Å². The maximum Gasteiger partial charge on any atom is 0.328 e. The van der Waals surface area contributed by atoms with Crippen molar-refractivity contribution in [2.75, 3.05) is 20.3 Å². The summed E-state index contributed by atoms with van der Waals surface area (Å²) < 4.78 is 4.83. The van der Waals surface area contributed by atoms with Gasteiger partial charge < -0.3 is 20.1 Å². The standard InChI is InChI=1S/C17H22N2O5/c1-17(16(23)18-13(11-24-2)15(21)22)9-6-10-19(17)14(20)12-7-4-3-5-8-12/h3-5,7-8,13H,6,9-11H2,1-2H3,(H,18,23)(H,21,22). The highest BCUT2D eigenvalue weighted by molar-refractivity contribution is 6.00. The van der Waals surface area contributed by atoms with Crippen LogP contribution in [0.5, 0.6) is 0 Å². The molecule has 1 aliphatic rings. The molecule has 2 amide bonds. The van der Waals surface area contributed by atoms with Gasteiger partial charge in [-0.3, -0.25) is 9.59 Å². The van der Waals surface area contributed by atoms with Crippen molar-refractivity contribution in [3.05, 3.63) is 35.9 Å². The van der Waals surface area contributed by atoms with Crippen LogP contribution < -0.4 is 5.32 Å². The summed E-state index contributed by atoms with van der Waals surface area (Å²) in [6.07, 6.45) is 1.17. The third kappa shape index (κ3) is 3.56. The maximum absolute atomic E-state index is 12.7. The minimum atomic E-state index is -1.17. The highest BCUT2D eigenvalue weighted by Crippen LogP contribution is 2.31. The van der Waals surface area contributed by atoms with Crippen LogP contribution in [-0.4, -0.2) is 59.6 Å². The number of amides is 2. The number of nitrogens with zero attached hydrogens (tertiary/aromatic N) is 1. The molecule has 0 bridgehead atoms. The van der Waals surface area contributed by atoms with E-state index in [1.54, 1.807) is 31.2 Å². The van der Waals surface area contributed by atoms with Crippen molar-refractivity contribution in [2.24, 2.45) is 0 Å². The molecule has 1 fully saturated rings. The van der Waals surface area contributed by atoms with Crippen molar-refractivity contribution in [1.82, 2.24) is 10.2 Å². The van der Waals surface area contributed by atoms with Crippen LogP contribution in [0, 0.1) is 0 Å². The summed E-state index contributed by atoms with van der Waals surface area (Å²) in [5.74, 6) is -1.88. The molecule has 0 aromatic heterocycles. The number of rotatable bonds is 6. The molecule has 7 heteroatoms. The lowest BCUT2D eigenvalue weighted by atomic mass is 9.96. The van der Waals surface area contributed by atoms with E-state index in [0.717, 1.165) is 0 Å². The van der Waals surface area contributed by atoms with Crippen molar-refractivity contribution in [3.63, 3.8) is 0 Å². The van der Waals surface area contributed by atoms with Gasteiger partial charge in [-0.15, -0.1) is 0 Å². The zero-order valence-electron chi connectivity index (χ0n) is 13.8. The van der Waals surface area contributed by atoms with Gasteiger partial charge in [-0.2, -0.15) is 0 Å². The summed E-state index contributed by atoms with van der Waals surface area (Å²) in [4.78, 5) is 38.1. The second kappa shape index (κ2) is 7.44. The highest BCUT2D eigenvalue weighted by atomic mass is 16.5. The molecule has 1 saturated heterocycles. The van der Waals surface area contributed by atoms with E-state index in [9.17, 15) is 14.4 Å². The van der Waals surface area contributed by atoms with E-state index >= 15 is 0 Å². The van der Waals surface area contributed by atoms with E-state index in [0.29, 0.717) is 24.9 Å². The minimum absolute atomic E-state index is 0.135. The minimum Gasteiger partial charge on any atom is -0.480 e. The molecule has 1 aromatic rings. The number of carboxylic acid groups (broad SMARTS) is 1. The molecule has 2 N–H and O–H groups in total. The highest BCUT2D eigenvalue weighted by Gasteiger charge is 2.46. The van der Waals surface area contributed by atoms with E-state index < -0.39 is 23.5 Å². The van der Waals surface area contributed by atoms with Gasteiger partial charge in [-0.25, -0.2) is 4.79 Å². The summed E-state index contributed by atoms with van der Waals surface area (Å²) in [5.41, 5.74) is -0.570. The Balaban J connectivity index is 2.18. The molecule has 0 radical (unpaired) electrons. The SMILES string of the molecule is COCC(NC(=O)C1(C)CCCN1C(=O)c1ccccc1)C(=O)O. The summed E-state index contributed by atoms with van der Waals surface area (Å²) in [7, 11) is 1.37. The Kier molecular flexibility index (Phi) is 5.56. The number of nitrogens with one attached hydrogen (secondary N) is 1. The summed E-state index contributed by atoms with van der Waals surface area (Å²) >= 11 is 0. The predicted molar refractivity (Wildman–Crippen MR) is 86.6 cm³/mol. The Bertz CT molecular complexity index is 619. The van der Waals surface area contributed by atoms with Gasteiger partial charge in [0.05, 0.1) is 6.61 Å². The number of aliphatic carboxylic acids is 1. The molecule has 7 nitrogen and oxygen atoms in total. The Morgan fingerprint density at radius 3 is 2.58 bits per heavy atom. The van der Waals surface area contributed by atoms with Crippen molar-refractivity contribution in [2.45, 2.75) is 31.3 Å². The number of carbonyl (C=O) groups is 3. The molecule has 0 saturated carbocycles. The number of hydrogen-bond acceptors (Lipinski definition) is 4. The smallest absolute Gasteiger partial charge is 0.328 e. The lowest BCUT2D eigenvalue weighted by Gasteiger charge is -2.34. The van der Waals surface area contributed by atoms with Crippen LogP contribution in [0.25, 0.3) is 0 Å². The number of methoxy groups -OCH3 is 1. The van der Waals surface area contributed by atoms with Crippen molar-refractivity contribution >= 4 is 17.8 Å². The second-order valence-corrected chi connectivity index (χ2v) is 6.02. The number of carbonyl (C=O) groups excluding carboxylic acids is 2. The van der Waals surface area contributed by atoms with Crippen LogP contribution in [0.15, 0.2) is 30.3 Å². The Hall–Kier alpha value is -2.41. The summed E-state index contributed by atoms with van der Waals surface area (Å²) in [6, 6.07) is 7.59. The third-order valence-corrected chi connectivity index (χ3v) is 4.33. The van der Waals surface area contributed by atoms with Crippen molar-refractivity contribution in [1.29, 1.82) is 0 Å². The van der Waals surface area contributed by atoms with Gasteiger partial charge in [0.2, 0.25) is 5.91 Å². The molecular formula is C17H22N2O5. The number of ether oxygens (including phenoxy) is 1. The van der Waals surface area contributed by atoms with E-state index in [1.165, 1.54) is 12.0 Å². The molecule has 1 aliphatic heterocycles. The molecule has 130 valence electrons. The summed E-state index contributed by atoms with van der Waals surface area (Å²) in [6.45, 7) is 1.99. The van der Waals surface area contributed by atoms with Crippen LogP contribution in [0.3, 0.4) is 0 Å². The number of benzene rings is 1. The molecule has 1 heterocycles. The lowest BCUT2D eigenvalue weighted by molar-refractivity contribution is -0.145. The molecule has 2 atom stereocenters. The van der Waals surface area contributed by atoms with Crippen molar-refractivity contribution in [3.8, 4) is 0 Å². The van der Waals surface area contributed by atoms with Crippen molar-refractivity contribution < 1.29 is 24.2 Å². The largest absolute Gasteiger partial charge is 0.480 e. The van der Waals surface area contributed by atoms with E-state index in [4.69, 9.17) is 9.84 Å². The normalized spacial score (nSPS) is 21.3. The number of hydrogen-bond donors (Lipinski definition) is 2.